The number of aryl methyl sites for hydroxylation is 1. The number of para-hydroxylation sites is 3. The Morgan fingerprint density at radius 1 is 0.431 bits per heavy atom. The van der Waals surface area contributed by atoms with E-state index in [2.05, 4.69) is 208 Å². The van der Waals surface area contributed by atoms with E-state index in [1.165, 1.54) is 38.1 Å². The zero-order valence-electron chi connectivity index (χ0n) is 31.9. The minimum Gasteiger partial charge on any atom is -0.310 e. The van der Waals surface area contributed by atoms with Gasteiger partial charge in [0.25, 0.3) is 0 Å². The third-order valence-electron chi connectivity index (χ3n) is 11.3. The summed E-state index contributed by atoms with van der Waals surface area (Å²) in [5.41, 5.74) is 14.3. The number of aromatic nitrogens is 4. The summed E-state index contributed by atoms with van der Waals surface area (Å²) >= 11 is 0. The first-order valence-electron chi connectivity index (χ1n) is 19.7. The second-order valence-corrected chi connectivity index (χ2v) is 14.7. The summed E-state index contributed by atoms with van der Waals surface area (Å²) in [4.78, 5) is 12.2. The van der Waals surface area contributed by atoms with Crippen LogP contribution >= 0.6 is 0 Å². The van der Waals surface area contributed by atoms with Crippen LogP contribution < -0.4 is 4.90 Å². The average molecular weight is 744 g/mol. The zero-order chi connectivity index (χ0) is 38.6. The third kappa shape index (κ3) is 5.47. The summed E-state index contributed by atoms with van der Waals surface area (Å²) in [5, 5.41) is 4.82. The van der Waals surface area contributed by atoms with E-state index in [0.717, 1.165) is 62.0 Å². The van der Waals surface area contributed by atoms with Gasteiger partial charge in [-0.15, -0.1) is 0 Å². The van der Waals surface area contributed by atoms with Gasteiger partial charge in [0, 0.05) is 62.3 Å². The predicted octanol–water partition coefficient (Wildman–Crippen LogP) is 13.8. The standard InChI is InChI=1S/C53H37N5/c1-36-35-55-51(34-45(36)37-16-5-2-6-17-37)58-49-30-29-48-52(43-24-11-12-26-47(43)57(48)40-21-9-4-10-22-40)53(49)44-28-27-42(33-50(44)58)56(39-19-7-3-8-20-39)41-23-15-18-38(32-41)46-25-13-14-31-54-46/h2-35H,1H3. The van der Waals surface area contributed by atoms with Crippen molar-refractivity contribution in [1.82, 2.24) is 19.1 Å². The molecule has 11 aromatic rings. The van der Waals surface area contributed by atoms with E-state index < -0.39 is 0 Å². The summed E-state index contributed by atoms with van der Waals surface area (Å²) in [6.07, 6.45) is 3.86. The lowest BCUT2D eigenvalue weighted by atomic mass is 10.0. The van der Waals surface area contributed by atoms with Crippen LogP contribution in [0, 0.1) is 6.92 Å². The molecule has 0 aliphatic carbocycles. The highest BCUT2D eigenvalue weighted by molar-refractivity contribution is 6.29. The number of nitrogens with zero attached hydrogens (tertiary/aromatic N) is 5. The first kappa shape index (κ1) is 33.6. The molecule has 4 heterocycles. The number of fused-ring (bicyclic) bond motifs is 7. The van der Waals surface area contributed by atoms with Crippen LogP contribution in [0.4, 0.5) is 17.1 Å². The van der Waals surface area contributed by atoms with Gasteiger partial charge in [-0.05, 0) is 109 Å². The SMILES string of the molecule is Cc1cnc(-n2c3cc(N(c4ccccc4)c4cccc(-c5ccccn5)c4)ccc3c3c4c5ccccc5n(-c5ccccc5)c4ccc32)cc1-c1ccccc1. The van der Waals surface area contributed by atoms with Gasteiger partial charge in [-0.3, -0.25) is 9.55 Å². The lowest BCUT2D eigenvalue weighted by molar-refractivity contribution is 1.07. The molecule has 0 bridgehead atoms. The molecule has 274 valence electrons. The number of anilines is 3. The van der Waals surface area contributed by atoms with Crippen molar-refractivity contribution in [3.05, 3.63) is 212 Å². The Bertz CT molecular complexity index is 3280. The number of hydrogen-bond donors (Lipinski definition) is 0. The molecule has 58 heavy (non-hydrogen) atoms. The summed E-state index contributed by atoms with van der Waals surface area (Å²) in [5.74, 6) is 0.871. The van der Waals surface area contributed by atoms with Crippen LogP contribution in [0.1, 0.15) is 5.56 Å². The lowest BCUT2D eigenvalue weighted by Gasteiger charge is -2.26. The van der Waals surface area contributed by atoms with E-state index in [1.807, 2.05) is 24.5 Å². The van der Waals surface area contributed by atoms with Crippen molar-refractivity contribution < 1.29 is 0 Å². The number of benzene rings is 7. The third-order valence-corrected chi connectivity index (χ3v) is 11.3. The highest BCUT2D eigenvalue weighted by Crippen LogP contribution is 2.45. The fourth-order valence-corrected chi connectivity index (χ4v) is 8.72. The Kier molecular flexibility index (Phi) is 7.97. The van der Waals surface area contributed by atoms with E-state index >= 15 is 0 Å². The molecule has 0 spiro atoms. The Labute approximate surface area is 336 Å². The highest BCUT2D eigenvalue weighted by Gasteiger charge is 2.23. The molecule has 5 heteroatoms. The quantitative estimate of drug-likeness (QED) is 0.163. The molecule has 0 aliphatic rings. The van der Waals surface area contributed by atoms with Gasteiger partial charge >= 0.3 is 0 Å². The maximum absolute atomic E-state index is 5.18. The van der Waals surface area contributed by atoms with Crippen LogP contribution in [0.2, 0.25) is 0 Å². The van der Waals surface area contributed by atoms with Crippen LogP contribution in [-0.4, -0.2) is 19.1 Å². The first-order valence-corrected chi connectivity index (χ1v) is 19.7. The van der Waals surface area contributed by atoms with Crippen LogP contribution in [-0.2, 0) is 0 Å². The van der Waals surface area contributed by atoms with Crippen molar-refractivity contribution in [3.63, 3.8) is 0 Å². The molecule has 11 rings (SSSR count). The van der Waals surface area contributed by atoms with Crippen molar-refractivity contribution >= 4 is 60.7 Å². The summed E-state index contributed by atoms with van der Waals surface area (Å²) < 4.78 is 4.76. The fraction of sp³-hybridized carbons (Fsp3) is 0.0189. The second kappa shape index (κ2) is 13.8. The molecular weight excluding hydrogens is 707 g/mol. The average Bonchev–Trinajstić information content (AvgIpc) is 3.80. The minimum absolute atomic E-state index is 0.871. The molecule has 0 radical (unpaired) electrons. The largest absolute Gasteiger partial charge is 0.310 e. The van der Waals surface area contributed by atoms with E-state index in [0.29, 0.717) is 0 Å². The van der Waals surface area contributed by atoms with Gasteiger partial charge in [-0.25, -0.2) is 4.98 Å². The monoisotopic (exact) mass is 743 g/mol. The molecule has 0 atom stereocenters. The Balaban J connectivity index is 1.23. The van der Waals surface area contributed by atoms with Gasteiger partial charge < -0.3 is 9.47 Å². The van der Waals surface area contributed by atoms with E-state index in [9.17, 15) is 0 Å². The van der Waals surface area contributed by atoms with Gasteiger partial charge in [0.2, 0.25) is 0 Å². The Morgan fingerprint density at radius 3 is 1.84 bits per heavy atom. The smallest absolute Gasteiger partial charge is 0.138 e. The maximum Gasteiger partial charge on any atom is 0.138 e. The van der Waals surface area contributed by atoms with Crippen molar-refractivity contribution in [1.29, 1.82) is 0 Å². The zero-order valence-corrected chi connectivity index (χ0v) is 31.9. The van der Waals surface area contributed by atoms with Gasteiger partial charge in [-0.2, -0.15) is 0 Å². The van der Waals surface area contributed by atoms with Crippen LogP contribution in [0.25, 0.3) is 77.5 Å². The topological polar surface area (TPSA) is 38.9 Å². The normalized spacial score (nSPS) is 11.5. The number of pyridine rings is 2. The molecule has 5 nitrogen and oxygen atoms in total. The van der Waals surface area contributed by atoms with Gasteiger partial charge in [-0.1, -0.05) is 109 Å². The number of rotatable bonds is 7. The molecule has 0 saturated heterocycles. The molecule has 0 fully saturated rings. The number of hydrogen-bond acceptors (Lipinski definition) is 3. The predicted molar refractivity (Wildman–Crippen MR) is 241 cm³/mol. The maximum atomic E-state index is 5.18. The fourth-order valence-electron chi connectivity index (χ4n) is 8.72. The molecule has 0 unspecified atom stereocenters. The summed E-state index contributed by atoms with van der Waals surface area (Å²) in [6.45, 7) is 2.14. The highest BCUT2D eigenvalue weighted by atomic mass is 15.1. The second-order valence-electron chi connectivity index (χ2n) is 14.7. The molecular formula is C53H37N5. The van der Waals surface area contributed by atoms with Crippen LogP contribution in [0.15, 0.2) is 207 Å². The van der Waals surface area contributed by atoms with Crippen molar-refractivity contribution in [2.75, 3.05) is 4.90 Å². The van der Waals surface area contributed by atoms with E-state index in [1.54, 1.807) is 0 Å². The minimum atomic E-state index is 0.871. The van der Waals surface area contributed by atoms with E-state index in [-0.39, 0.29) is 0 Å². The molecule has 7 aromatic carbocycles. The van der Waals surface area contributed by atoms with Crippen LogP contribution in [0.3, 0.4) is 0 Å². The molecule has 0 N–H and O–H groups in total. The van der Waals surface area contributed by atoms with Crippen molar-refractivity contribution in [3.8, 4) is 33.9 Å². The molecule has 0 amide bonds. The van der Waals surface area contributed by atoms with Crippen molar-refractivity contribution in [2.45, 2.75) is 6.92 Å². The van der Waals surface area contributed by atoms with E-state index in [4.69, 9.17) is 4.98 Å². The van der Waals surface area contributed by atoms with Gasteiger partial charge in [0.05, 0.1) is 27.8 Å². The molecule has 0 aliphatic heterocycles. The lowest BCUT2D eigenvalue weighted by Crippen LogP contribution is -2.10. The summed E-state index contributed by atoms with van der Waals surface area (Å²) in [7, 11) is 0. The Morgan fingerprint density at radius 2 is 1.07 bits per heavy atom. The van der Waals surface area contributed by atoms with Crippen molar-refractivity contribution in [2.24, 2.45) is 0 Å². The van der Waals surface area contributed by atoms with Gasteiger partial charge in [0.1, 0.15) is 5.82 Å². The first-order chi connectivity index (χ1) is 28.7. The van der Waals surface area contributed by atoms with Gasteiger partial charge in [0.15, 0.2) is 0 Å². The summed E-state index contributed by atoms with van der Waals surface area (Å²) in [6, 6.07) is 69.1. The molecule has 4 aromatic heterocycles. The van der Waals surface area contributed by atoms with Crippen LogP contribution in [0.5, 0.6) is 0 Å². The molecule has 0 saturated carbocycles. The Hall–Kier alpha value is -7.76.